The Morgan fingerprint density at radius 2 is 2.27 bits per heavy atom. The van der Waals surface area contributed by atoms with Crippen molar-refractivity contribution in [2.45, 2.75) is 29.5 Å². The lowest BCUT2D eigenvalue weighted by Gasteiger charge is -2.26. The van der Waals surface area contributed by atoms with Gasteiger partial charge in [-0.2, -0.15) is 5.10 Å². The number of hydrogen-bond acceptors (Lipinski definition) is 4. The Morgan fingerprint density at radius 3 is 3.05 bits per heavy atom. The van der Waals surface area contributed by atoms with Gasteiger partial charge in [-0.15, -0.1) is 11.8 Å². The van der Waals surface area contributed by atoms with Crippen molar-refractivity contribution >= 4 is 17.7 Å². The van der Waals surface area contributed by atoms with Gasteiger partial charge in [0.05, 0.1) is 18.3 Å². The normalized spacial score (nSPS) is 20.3. The summed E-state index contributed by atoms with van der Waals surface area (Å²) in [5, 5.41) is 13.9. The topological polar surface area (TPSA) is 64.3 Å². The number of carboxylic acid groups (broad SMARTS) is 1. The van der Waals surface area contributed by atoms with E-state index in [1.54, 1.807) is 11.8 Å². The van der Waals surface area contributed by atoms with Crippen LogP contribution in [0.15, 0.2) is 29.2 Å². The molecule has 1 aromatic carbocycles. The van der Waals surface area contributed by atoms with Gasteiger partial charge in [0.1, 0.15) is 0 Å². The first-order chi connectivity index (χ1) is 10.8. The van der Waals surface area contributed by atoms with Crippen molar-refractivity contribution in [1.29, 1.82) is 0 Å². The van der Waals surface area contributed by atoms with Gasteiger partial charge in [0.25, 0.3) is 0 Å². The van der Waals surface area contributed by atoms with E-state index in [1.165, 1.54) is 4.90 Å². The molecule has 0 spiro atoms. The molecule has 0 bridgehead atoms. The van der Waals surface area contributed by atoms with Gasteiger partial charge in [-0.3, -0.25) is 4.68 Å². The van der Waals surface area contributed by atoms with Crippen molar-refractivity contribution in [1.82, 2.24) is 9.78 Å². The maximum Gasteiger partial charge on any atom is 0.356 e. The van der Waals surface area contributed by atoms with E-state index in [9.17, 15) is 9.90 Å². The van der Waals surface area contributed by atoms with Crippen LogP contribution in [0.3, 0.4) is 0 Å². The average molecular weight is 316 g/mol. The molecular weight excluding hydrogens is 300 g/mol. The van der Waals surface area contributed by atoms with E-state index in [-0.39, 0.29) is 11.7 Å². The predicted molar refractivity (Wildman–Crippen MR) is 83.3 cm³/mol. The lowest BCUT2D eigenvalue weighted by molar-refractivity contribution is 0.0545. The minimum atomic E-state index is -0.952. The molecule has 6 heteroatoms. The van der Waals surface area contributed by atoms with E-state index in [1.807, 2.05) is 22.9 Å². The summed E-state index contributed by atoms with van der Waals surface area (Å²) in [4.78, 5) is 12.7. The Labute approximate surface area is 132 Å². The van der Waals surface area contributed by atoms with E-state index >= 15 is 0 Å². The predicted octanol–water partition coefficient (Wildman–Crippen LogP) is 3.21. The molecule has 0 amide bonds. The van der Waals surface area contributed by atoms with Gasteiger partial charge in [-0.1, -0.05) is 18.2 Å². The summed E-state index contributed by atoms with van der Waals surface area (Å²) in [5.74, 6) is -0.298. The van der Waals surface area contributed by atoms with Crippen LogP contribution in [0.1, 0.15) is 34.9 Å². The highest BCUT2D eigenvalue weighted by Gasteiger charge is 2.31. The Hall–Kier alpha value is -1.79. The maximum atomic E-state index is 11.6. The summed E-state index contributed by atoms with van der Waals surface area (Å²) in [6, 6.07) is 8.25. The van der Waals surface area contributed by atoms with Gasteiger partial charge in [0, 0.05) is 28.4 Å². The molecule has 2 aliphatic rings. The van der Waals surface area contributed by atoms with Crippen LogP contribution in [0.4, 0.5) is 0 Å². The number of aromatic nitrogens is 2. The number of carboxylic acids is 1. The number of thioether (sulfide) groups is 1. The Kier molecular flexibility index (Phi) is 3.43. The molecule has 0 saturated carbocycles. The summed E-state index contributed by atoms with van der Waals surface area (Å²) >= 11 is 1.68. The molecule has 1 saturated heterocycles. The number of nitrogens with zero attached hydrogens (tertiary/aromatic N) is 2. The van der Waals surface area contributed by atoms with Crippen LogP contribution in [-0.2, 0) is 10.5 Å². The third-order valence-electron chi connectivity index (χ3n) is 4.21. The lowest BCUT2D eigenvalue weighted by Crippen LogP contribution is -2.23. The fourth-order valence-corrected chi connectivity index (χ4v) is 4.25. The molecule has 1 unspecified atom stereocenters. The molecule has 1 aromatic heterocycles. The highest BCUT2D eigenvalue weighted by molar-refractivity contribution is 7.98. The van der Waals surface area contributed by atoms with Crippen LogP contribution < -0.4 is 0 Å². The zero-order valence-corrected chi connectivity index (χ0v) is 12.8. The SMILES string of the molecule is O=C(O)c1nn(C2CCCOC2)c2c1CSc1ccccc1-2. The first-order valence-electron chi connectivity index (χ1n) is 7.40. The van der Waals surface area contributed by atoms with Crippen LogP contribution in [0, 0.1) is 0 Å². The molecule has 1 N–H and O–H groups in total. The second-order valence-corrected chi connectivity index (χ2v) is 6.60. The summed E-state index contributed by atoms with van der Waals surface area (Å²) in [6.45, 7) is 1.38. The number of rotatable bonds is 2. The lowest BCUT2D eigenvalue weighted by atomic mass is 10.0. The summed E-state index contributed by atoms with van der Waals surface area (Å²) < 4.78 is 7.47. The van der Waals surface area contributed by atoms with Crippen LogP contribution in [0.2, 0.25) is 0 Å². The van der Waals surface area contributed by atoms with Crippen LogP contribution >= 0.6 is 11.8 Å². The molecule has 1 atom stereocenters. The zero-order chi connectivity index (χ0) is 15.1. The molecule has 22 heavy (non-hydrogen) atoms. The number of hydrogen-bond donors (Lipinski definition) is 1. The Morgan fingerprint density at radius 1 is 1.41 bits per heavy atom. The summed E-state index contributed by atoms with van der Waals surface area (Å²) in [5.41, 5.74) is 3.06. The number of ether oxygens (including phenoxy) is 1. The Bertz CT molecular complexity index is 735. The molecule has 114 valence electrons. The molecule has 2 aromatic rings. The smallest absolute Gasteiger partial charge is 0.356 e. The van der Waals surface area contributed by atoms with Gasteiger partial charge in [0.15, 0.2) is 5.69 Å². The molecule has 3 heterocycles. The van der Waals surface area contributed by atoms with Crippen molar-refractivity contribution < 1.29 is 14.6 Å². The highest BCUT2D eigenvalue weighted by Crippen LogP contribution is 2.44. The largest absolute Gasteiger partial charge is 0.476 e. The van der Waals surface area contributed by atoms with Gasteiger partial charge >= 0.3 is 5.97 Å². The molecular formula is C16H16N2O3S. The quantitative estimate of drug-likeness (QED) is 0.921. The fourth-order valence-electron chi connectivity index (χ4n) is 3.18. The van der Waals surface area contributed by atoms with Crippen LogP contribution in [-0.4, -0.2) is 34.1 Å². The maximum absolute atomic E-state index is 11.6. The van der Waals surface area contributed by atoms with Crippen LogP contribution in [0.25, 0.3) is 11.3 Å². The van der Waals surface area contributed by atoms with Crippen molar-refractivity contribution in [3.8, 4) is 11.3 Å². The third kappa shape index (κ3) is 2.14. The first kappa shape index (κ1) is 13.8. The van der Waals surface area contributed by atoms with E-state index in [4.69, 9.17) is 4.74 Å². The number of fused-ring (bicyclic) bond motifs is 3. The zero-order valence-electron chi connectivity index (χ0n) is 12.0. The third-order valence-corrected chi connectivity index (χ3v) is 5.31. The molecule has 5 nitrogen and oxygen atoms in total. The van der Waals surface area contributed by atoms with Gasteiger partial charge in [0.2, 0.25) is 0 Å². The number of carbonyl (C=O) groups is 1. The molecule has 0 aliphatic carbocycles. The summed E-state index contributed by atoms with van der Waals surface area (Å²) in [6.07, 6.45) is 1.96. The summed E-state index contributed by atoms with van der Waals surface area (Å²) in [7, 11) is 0. The first-order valence-corrected chi connectivity index (χ1v) is 8.39. The second-order valence-electron chi connectivity index (χ2n) is 5.58. The monoisotopic (exact) mass is 316 g/mol. The van der Waals surface area contributed by atoms with Gasteiger partial charge < -0.3 is 9.84 Å². The van der Waals surface area contributed by atoms with E-state index < -0.39 is 5.97 Å². The second kappa shape index (κ2) is 5.44. The standard InChI is InChI=1S/C16H16N2O3S/c19-16(20)14-12-9-22-13-6-2-1-5-11(13)15(12)18(17-14)10-4-3-7-21-8-10/h1-2,5-6,10H,3-4,7-9H2,(H,19,20). The molecule has 4 rings (SSSR count). The highest BCUT2D eigenvalue weighted by atomic mass is 32.2. The Balaban J connectivity index is 1.91. The van der Waals surface area contributed by atoms with Crippen LogP contribution in [0.5, 0.6) is 0 Å². The van der Waals surface area contributed by atoms with Crippen molar-refractivity contribution in [2.75, 3.05) is 13.2 Å². The molecule has 2 aliphatic heterocycles. The van der Waals surface area contributed by atoms with Gasteiger partial charge in [-0.05, 0) is 18.9 Å². The minimum absolute atomic E-state index is 0.117. The minimum Gasteiger partial charge on any atom is -0.476 e. The number of aromatic carboxylic acids is 1. The van der Waals surface area contributed by atoms with Crippen molar-refractivity contribution in [2.24, 2.45) is 0 Å². The van der Waals surface area contributed by atoms with E-state index in [0.717, 1.165) is 36.3 Å². The average Bonchev–Trinajstić information content (AvgIpc) is 2.96. The van der Waals surface area contributed by atoms with E-state index in [0.29, 0.717) is 12.4 Å². The number of benzene rings is 1. The van der Waals surface area contributed by atoms with Crippen molar-refractivity contribution in [3.05, 3.63) is 35.5 Å². The van der Waals surface area contributed by atoms with Crippen molar-refractivity contribution in [3.63, 3.8) is 0 Å². The van der Waals surface area contributed by atoms with Gasteiger partial charge in [-0.25, -0.2) is 4.79 Å². The molecule has 0 radical (unpaired) electrons. The molecule has 1 fully saturated rings. The fraction of sp³-hybridized carbons (Fsp3) is 0.375. The van der Waals surface area contributed by atoms with E-state index in [2.05, 4.69) is 11.2 Å².